The number of hydrogen-bond donors (Lipinski definition) is 0. The topological polar surface area (TPSA) is 65.3 Å². The summed E-state index contributed by atoms with van der Waals surface area (Å²) in [6.45, 7) is 1.63. The summed E-state index contributed by atoms with van der Waals surface area (Å²) >= 11 is 0. The van der Waals surface area contributed by atoms with Crippen molar-refractivity contribution in [1.82, 2.24) is 19.7 Å². The van der Waals surface area contributed by atoms with Crippen LogP contribution < -0.4 is 14.4 Å². The first-order chi connectivity index (χ1) is 12.3. The molecule has 128 valence electrons. The van der Waals surface area contributed by atoms with Crippen LogP contribution in [0.15, 0.2) is 43.0 Å². The second kappa shape index (κ2) is 6.43. The molecule has 0 atom stereocenters. The van der Waals surface area contributed by atoms with Crippen molar-refractivity contribution in [3.05, 3.63) is 54.1 Å². The fraction of sp³-hybridized carbons (Fsp3) is 0.278. The number of anilines is 1. The van der Waals surface area contributed by atoms with Gasteiger partial charge < -0.3 is 14.4 Å². The molecule has 0 fully saturated rings. The first-order valence-electron chi connectivity index (χ1n) is 8.09. The van der Waals surface area contributed by atoms with E-state index in [0.29, 0.717) is 5.82 Å². The van der Waals surface area contributed by atoms with E-state index >= 15 is 0 Å². The van der Waals surface area contributed by atoms with Gasteiger partial charge in [-0.25, -0.2) is 9.67 Å². The predicted molar refractivity (Wildman–Crippen MR) is 93.5 cm³/mol. The summed E-state index contributed by atoms with van der Waals surface area (Å²) in [6, 6.07) is 5.98. The fourth-order valence-corrected chi connectivity index (χ4v) is 3.09. The predicted octanol–water partition coefficient (Wildman–Crippen LogP) is 2.24. The van der Waals surface area contributed by atoms with Gasteiger partial charge in [0.15, 0.2) is 17.3 Å². The molecular formula is C18H19N5O2. The van der Waals surface area contributed by atoms with Gasteiger partial charge in [-0.3, -0.25) is 4.98 Å². The van der Waals surface area contributed by atoms with Crippen LogP contribution in [0.4, 0.5) is 5.82 Å². The number of hydrogen-bond acceptors (Lipinski definition) is 6. The van der Waals surface area contributed by atoms with Crippen molar-refractivity contribution < 1.29 is 9.47 Å². The molecule has 3 aromatic rings. The molecule has 7 nitrogen and oxygen atoms in total. The smallest absolute Gasteiger partial charge is 0.173 e. The van der Waals surface area contributed by atoms with Gasteiger partial charge in [0, 0.05) is 25.5 Å². The molecule has 0 spiro atoms. The van der Waals surface area contributed by atoms with Crippen molar-refractivity contribution in [3.8, 4) is 17.3 Å². The molecule has 1 aliphatic heterocycles. The SMILES string of the molecule is COc1cc2c(cc1OC)CN(c1cncc(-n3cccn3)n1)CC2. The van der Waals surface area contributed by atoms with E-state index in [1.807, 2.05) is 18.3 Å². The number of fused-ring (bicyclic) bond motifs is 1. The number of aromatic nitrogens is 4. The van der Waals surface area contributed by atoms with E-state index in [4.69, 9.17) is 14.5 Å². The van der Waals surface area contributed by atoms with E-state index in [-0.39, 0.29) is 0 Å². The van der Waals surface area contributed by atoms with Crippen molar-refractivity contribution in [2.75, 3.05) is 25.7 Å². The van der Waals surface area contributed by atoms with E-state index in [2.05, 4.69) is 21.0 Å². The summed E-state index contributed by atoms with van der Waals surface area (Å²) in [4.78, 5) is 11.2. The van der Waals surface area contributed by atoms with E-state index in [9.17, 15) is 0 Å². The second-order valence-electron chi connectivity index (χ2n) is 5.83. The van der Waals surface area contributed by atoms with Crippen LogP contribution in [0.5, 0.6) is 11.5 Å². The lowest BCUT2D eigenvalue weighted by atomic mass is 9.99. The van der Waals surface area contributed by atoms with Gasteiger partial charge in [-0.05, 0) is 35.7 Å². The Bertz CT molecular complexity index is 879. The van der Waals surface area contributed by atoms with Crippen LogP contribution in [0.3, 0.4) is 0 Å². The van der Waals surface area contributed by atoms with E-state index in [1.165, 1.54) is 11.1 Å². The summed E-state index contributed by atoms with van der Waals surface area (Å²) in [5.41, 5.74) is 2.50. The minimum absolute atomic E-state index is 0.709. The van der Waals surface area contributed by atoms with Crippen LogP contribution in [0.25, 0.3) is 5.82 Å². The van der Waals surface area contributed by atoms with Gasteiger partial charge in [0.1, 0.15) is 5.82 Å². The minimum Gasteiger partial charge on any atom is -0.493 e. The highest BCUT2D eigenvalue weighted by molar-refractivity contribution is 5.51. The third-order valence-corrected chi connectivity index (χ3v) is 4.39. The lowest BCUT2D eigenvalue weighted by molar-refractivity contribution is 0.353. The highest BCUT2D eigenvalue weighted by atomic mass is 16.5. The number of rotatable bonds is 4. The molecule has 25 heavy (non-hydrogen) atoms. The van der Waals surface area contributed by atoms with Crippen molar-refractivity contribution in [2.24, 2.45) is 0 Å². The average Bonchev–Trinajstić information content (AvgIpc) is 3.21. The minimum atomic E-state index is 0.709. The Morgan fingerprint density at radius 2 is 1.76 bits per heavy atom. The quantitative estimate of drug-likeness (QED) is 0.727. The van der Waals surface area contributed by atoms with Gasteiger partial charge in [0.2, 0.25) is 0 Å². The number of benzene rings is 1. The maximum atomic E-state index is 5.43. The molecule has 0 N–H and O–H groups in total. The largest absolute Gasteiger partial charge is 0.493 e. The van der Waals surface area contributed by atoms with Crippen LogP contribution in [0.1, 0.15) is 11.1 Å². The Hall–Kier alpha value is -3.09. The molecular weight excluding hydrogens is 318 g/mol. The Morgan fingerprint density at radius 1 is 1.00 bits per heavy atom. The highest BCUT2D eigenvalue weighted by Crippen LogP contribution is 2.34. The van der Waals surface area contributed by atoms with Gasteiger partial charge in [-0.1, -0.05) is 0 Å². The zero-order valence-corrected chi connectivity index (χ0v) is 14.2. The number of ether oxygens (including phenoxy) is 2. The van der Waals surface area contributed by atoms with E-state index in [1.54, 1.807) is 37.5 Å². The van der Waals surface area contributed by atoms with Gasteiger partial charge in [-0.15, -0.1) is 0 Å². The molecule has 0 saturated carbocycles. The van der Waals surface area contributed by atoms with Crippen LogP contribution in [-0.4, -0.2) is 40.5 Å². The van der Waals surface area contributed by atoms with Crippen LogP contribution >= 0.6 is 0 Å². The maximum Gasteiger partial charge on any atom is 0.173 e. The van der Waals surface area contributed by atoms with Gasteiger partial charge >= 0.3 is 0 Å². The molecule has 0 saturated heterocycles. The fourth-order valence-electron chi connectivity index (χ4n) is 3.09. The standard InChI is InChI=1S/C18H19N5O2/c1-24-15-8-13-4-7-22(12-14(13)9-16(15)25-2)17-10-19-11-18(21-17)23-6-3-5-20-23/h3,5-6,8-11H,4,7,12H2,1-2H3. The third kappa shape index (κ3) is 2.88. The summed E-state index contributed by atoms with van der Waals surface area (Å²) in [5.74, 6) is 3.07. The first kappa shape index (κ1) is 15.4. The third-order valence-electron chi connectivity index (χ3n) is 4.39. The van der Waals surface area contributed by atoms with Crippen molar-refractivity contribution in [1.29, 1.82) is 0 Å². The lowest BCUT2D eigenvalue weighted by Crippen LogP contribution is -2.31. The second-order valence-corrected chi connectivity index (χ2v) is 5.83. The molecule has 0 unspecified atom stereocenters. The van der Waals surface area contributed by atoms with Crippen molar-refractivity contribution in [3.63, 3.8) is 0 Å². The highest BCUT2D eigenvalue weighted by Gasteiger charge is 2.21. The summed E-state index contributed by atoms with van der Waals surface area (Å²) in [7, 11) is 3.32. The Morgan fingerprint density at radius 3 is 2.48 bits per heavy atom. The molecule has 0 radical (unpaired) electrons. The lowest BCUT2D eigenvalue weighted by Gasteiger charge is -2.30. The monoisotopic (exact) mass is 337 g/mol. The molecule has 1 aromatic carbocycles. The molecule has 4 rings (SSSR count). The zero-order valence-electron chi connectivity index (χ0n) is 14.2. The summed E-state index contributed by atoms with van der Waals surface area (Å²) in [6.07, 6.45) is 8.01. The molecule has 0 aliphatic carbocycles. The first-order valence-corrected chi connectivity index (χ1v) is 8.09. The maximum absolute atomic E-state index is 5.43. The van der Waals surface area contributed by atoms with Crippen LogP contribution in [0, 0.1) is 0 Å². The molecule has 2 aromatic heterocycles. The molecule has 3 heterocycles. The Labute approximate surface area is 145 Å². The summed E-state index contributed by atoms with van der Waals surface area (Å²) in [5, 5.41) is 4.22. The normalized spacial score (nSPS) is 13.4. The molecule has 0 amide bonds. The van der Waals surface area contributed by atoms with Crippen molar-refractivity contribution >= 4 is 5.82 Å². The number of nitrogens with zero attached hydrogens (tertiary/aromatic N) is 5. The van der Waals surface area contributed by atoms with Gasteiger partial charge in [0.05, 0.1) is 26.6 Å². The van der Waals surface area contributed by atoms with Gasteiger partial charge in [0.25, 0.3) is 0 Å². The molecule has 0 bridgehead atoms. The molecule has 7 heteroatoms. The van der Waals surface area contributed by atoms with Crippen LogP contribution in [0.2, 0.25) is 0 Å². The van der Waals surface area contributed by atoms with Crippen LogP contribution in [-0.2, 0) is 13.0 Å². The van der Waals surface area contributed by atoms with E-state index < -0.39 is 0 Å². The Balaban J connectivity index is 1.63. The van der Waals surface area contributed by atoms with Gasteiger partial charge in [-0.2, -0.15) is 5.10 Å². The summed E-state index contributed by atoms with van der Waals surface area (Å²) < 4.78 is 12.5. The number of methoxy groups -OCH3 is 2. The zero-order chi connectivity index (χ0) is 17.2. The van der Waals surface area contributed by atoms with Crippen molar-refractivity contribution in [2.45, 2.75) is 13.0 Å². The van der Waals surface area contributed by atoms with E-state index in [0.717, 1.165) is 36.8 Å². The Kier molecular flexibility index (Phi) is 3.97. The average molecular weight is 337 g/mol. The molecule has 1 aliphatic rings.